The Hall–Kier alpha value is -1.04. The Morgan fingerprint density at radius 1 is 1.20 bits per heavy atom. The summed E-state index contributed by atoms with van der Waals surface area (Å²) >= 11 is 0. The maximum Gasteiger partial charge on any atom is 0.240 e. The topological polar surface area (TPSA) is 52.9 Å². The fourth-order valence-corrected chi connectivity index (χ4v) is 3.32. The van der Waals surface area contributed by atoms with Crippen molar-refractivity contribution in [2.24, 2.45) is 11.3 Å². The lowest BCUT2D eigenvalue weighted by Crippen LogP contribution is -2.45. The lowest BCUT2D eigenvalue weighted by atomic mass is 9.79. The van der Waals surface area contributed by atoms with E-state index in [1.807, 2.05) is 13.8 Å². The summed E-state index contributed by atoms with van der Waals surface area (Å²) in [5, 5.41) is 12.7. The van der Waals surface area contributed by atoms with Crippen molar-refractivity contribution in [2.45, 2.75) is 84.6 Å². The molecule has 114 valence electrons. The maximum atomic E-state index is 12.6. The molecule has 0 aromatic carbocycles. The number of carbonyl (C=O) groups excluding carboxylic acids is 1. The molecule has 0 radical (unpaired) electrons. The molecule has 3 nitrogen and oxygen atoms in total. The van der Waals surface area contributed by atoms with Gasteiger partial charge in [-0.3, -0.25) is 4.79 Å². The zero-order valence-electron chi connectivity index (χ0n) is 13.4. The molecule has 1 rings (SSSR count). The molecule has 0 bridgehead atoms. The third-order valence-electron chi connectivity index (χ3n) is 4.59. The molecule has 2 atom stereocenters. The Labute approximate surface area is 124 Å². The van der Waals surface area contributed by atoms with Gasteiger partial charge in [0.1, 0.15) is 5.41 Å². The highest BCUT2D eigenvalue weighted by atomic mass is 16.2. The minimum atomic E-state index is -0.804. The second-order valence-corrected chi connectivity index (χ2v) is 6.48. The zero-order chi connectivity index (χ0) is 15.0. The van der Waals surface area contributed by atoms with Gasteiger partial charge < -0.3 is 5.32 Å². The van der Waals surface area contributed by atoms with Crippen molar-refractivity contribution in [3.8, 4) is 6.07 Å². The number of nitriles is 1. The van der Waals surface area contributed by atoms with Crippen LogP contribution in [0.5, 0.6) is 0 Å². The first-order valence-electron chi connectivity index (χ1n) is 8.30. The van der Waals surface area contributed by atoms with Crippen LogP contribution in [0.1, 0.15) is 78.6 Å². The van der Waals surface area contributed by atoms with Crippen LogP contribution in [-0.2, 0) is 4.79 Å². The highest BCUT2D eigenvalue weighted by Gasteiger charge is 2.37. The summed E-state index contributed by atoms with van der Waals surface area (Å²) in [5.74, 6) is 0.743. The van der Waals surface area contributed by atoms with Gasteiger partial charge in [-0.05, 0) is 38.0 Å². The van der Waals surface area contributed by atoms with Gasteiger partial charge in [0.25, 0.3) is 0 Å². The Balaban J connectivity index is 2.68. The molecule has 1 aliphatic rings. The lowest BCUT2D eigenvalue weighted by molar-refractivity contribution is -0.129. The van der Waals surface area contributed by atoms with Gasteiger partial charge in [0.15, 0.2) is 0 Å². The maximum absolute atomic E-state index is 12.6. The van der Waals surface area contributed by atoms with Gasteiger partial charge in [0.05, 0.1) is 6.07 Å². The number of rotatable bonds is 6. The van der Waals surface area contributed by atoms with Crippen LogP contribution in [0.15, 0.2) is 0 Å². The summed E-state index contributed by atoms with van der Waals surface area (Å²) in [5.41, 5.74) is -0.804. The predicted molar refractivity (Wildman–Crippen MR) is 82.0 cm³/mol. The quantitative estimate of drug-likeness (QED) is 0.741. The van der Waals surface area contributed by atoms with E-state index in [1.165, 1.54) is 19.3 Å². The van der Waals surface area contributed by atoms with Crippen LogP contribution >= 0.6 is 0 Å². The molecule has 20 heavy (non-hydrogen) atoms. The van der Waals surface area contributed by atoms with Crippen molar-refractivity contribution in [3.05, 3.63) is 0 Å². The molecule has 0 spiro atoms. The standard InChI is InChI=1S/C17H30N2O/c1-4-11-17(13-18,12-5-2)16(20)19-15-8-6-7-14(3)9-10-15/h14-15H,4-12H2,1-3H3,(H,19,20). The van der Waals surface area contributed by atoms with Crippen molar-refractivity contribution < 1.29 is 4.79 Å². The number of amides is 1. The van der Waals surface area contributed by atoms with Crippen molar-refractivity contribution in [3.63, 3.8) is 0 Å². The Bertz CT molecular complexity index is 339. The second-order valence-electron chi connectivity index (χ2n) is 6.48. The zero-order valence-corrected chi connectivity index (χ0v) is 13.4. The molecule has 2 unspecified atom stereocenters. The van der Waals surface area contributed by atoms with E-state index >= 15 is 0 Å². The number of nitrogens with one attached hydrogen (secondary N) is 1. The fraction of sp³-hybridized carbons (Fsp3) is 0.882. The summed E-state index contributed by atoms with van der Waals surface area (Å²) in [6.07, 6.45) is 8.87. The monoisotopic (exact) mass is 278 g/mol. The summed E-state index contributed by atoms with van der Waals surface area (Å²) in [6.45, 7) is 6.38. The van der Waals surface area contributed by atoms with Crippen molar-refractivity contribution in [1.29, 1.82) is 5.26 Å². The van der Waals surface area contributed by atoms with Crippen LogP contribution in [-0.4, -0.2) is 11.9 Å². The molecular formula is C17H30N2O. The largest absolute Gasteiger partial charge is 0.352 e. The summed E-state index contributed by atoms with van der Waals surface area (Å²) in [4.78, 5) is 12.6. The molecule has 0 aromatic rings. The lowest BCUT2D eigenvalue weighted by Gasteiger charge is -2.27. The van der Waals surface area contributed by atoms with E-state index in [9.17, 15) is 10.1 Å². The molecule has 0 heterocycles. The summed E-state index contributed by atoms with van der Waals surface area (Å²) in [6, 6.07) is 2.59. The van der Waals surface area contributed by atoms with Crippen molar-refractivity contribution in [1.82, 2.24) is 5.32 Å². The summed E-state index contributed by atoms with van der Waals surface area (Å²) < 4.78 is 0. The van der Waals surface area contributed by atoms with E-state index in [0.717, 1.165) is 31.6 Å². The van der Waals surface area contributed by atoms with Gasteiger partial charge in [0.2, 0.25) is 5.91 Å². The first-order valence-corrected chi connectivity index (χ1v) is 8.30. The third-order valence-corrected chi connectivity index (χ3v) is 4.59. The van der Waals surface area contributed by atoms with Crippen molar-refractivity contribution >= 4 is 5.91 Å². The number of carbonyl (C=O) groups is 1. The highest BCUT2D eigenvalue weighted by Crippen LogP contribution is 2.30. The van der Waals surface area contributed by atoms with Gasteiger partial charge in [-0.2, -0.15) is 5.26 Å². The van der Waals surface area contributed by atoms with E-state index in [2.05, 4.69) is 18.3 Å². The first kappa shape index (κ1) is 17.0. The normalized spacial score (nSPS) is 23.7. The number of hydrogen-bond acceptors (Lipinski definition) is 2. The SMILES string of the molecule is CCCC(C#N)(CCC)C(=O)NC1CCCC(C)CC1. The first-order chi connectivity index (χ1) is 9.57. The van der Waals surface area contributed by atoms with Crippen LogP contribution in [0.25, 0.3) is 0 Å². The van der Waals surface area contributed by atoms with Crippen LogP contribution in [0.2, 0.25) is 0 Å². The Morgan fingerprint density at radius 3 is 2.40 bits per heavy atom. The molecular weight excluding hydrogens is 248 g/mol. The smallest absolute Gasteiger partial charge is 0.240 e. The second kappa shape index (κ2) is 8.29. The van der Waals surface area contributed by atoms with E-state index in [4.69, 9.17) is 0 Å². The molecule has 0 saturated heterocycles. The van der Waals surface area contributed by atoms with Gasteiger partial charge in [-0.25, -0.2) is 0 Å². The van der Waals surface area contributed by atoms with Gasteiger partial charge in [0, 0.05) is 6.04 Å². The fourth-order valence-electron chi connectivity index (χ4n) is 3.32. The average Bonchev–Trinajstić information content (AvgIpc) is 2.63. The Kier molecular flexibility index (Phi) is 7.05. The van der Waals surface area contributed by atoms with Crippen molar-refractivity contribution in [2.75, 3.05) is 0 Å². The van der Waals surface area contributed by atoms with E-state index in [1.54, 1.807) is 0 Å². The predicted octanol–water partition coefficient (Wildman–Crippen LogP) is 4.18. The van der Waals surface area contributed by atoms with Gasteiger partial charge >= 0.3 is 0 Å². The molecule has 1 amide bonds. The molecule has 0 aromatic heterocycles. The minimum absolute atomic E-state index is 0.0248. The molecule has 1 N–H and O–H groups in total. The van der Waals surface area contributed by atoms with Crippen LogP contribution in [0, 0.1) is 22.7 Å². The molecule has 1 aliphatic carbocycles. The van der Waals surface area contributed by atoms with E-state index in [-0.39, 0.29) is 11.9 Å². The minimum Gasteiger partial charge on any atom is -0.352 e. The van der Waals surface area contributed by atoms with E-state index < -0.39 is 5.41 Å². The molecule has 1 saturated carbocycles. The number of hydrogen-bond donors (Lipinski definition) is 1. The highest BCUT2D eigenvalue weighted by molar-refractivity contribution is 5.85. The third kappa shape index (κ3) is 4.51. The molecule has 0 aliphatic heterocycles. The average molecular weight is 278 g/mol. The van der Waals surface area contributed by atoms with Gasteiger partial charge in [-0.1, -0.05) is 46.5 Å². The summed E-state index contributed by atoms with van der Waals surface area (Å²) in [7, 11) is 0. The van der Waals surface area contributed by atoms with Crippen LogP contribution in [0.4, 0.5) is 0 Å². The van der Waals surface area contributed by atoms with E-state index in [0.29, 0.717) is 12.8 Å². The molecule has 3 heteroatoms. The molecule has 1 fully saturated rings. The Morgan fingerprint density at radius 2 is 1.85 bits per heavy atom. The van der Waals surface area contributed by atoms with Gasteiger partial charge in [-0.15, -0.1) is 0 Å². The number of nitrogens with zero attached hydrogens (tertiary/aromatic N) is 1. The van der Waals surface area contributed by atoms with Crippen LogP contribution < -0.4 is 5.32 Å². The van der Waals surface area contributed by atoms with Crippen LogP contribution in [0.3, 0.4) is 0 Å².